The average Bonchev–Trinajstić information content (AvgIpc) is 2.63. The zero-order valence-electron chi connectivity index (χ0n) is 13.5. The smallest absolute Gasteiger partial charge is 0.196 e. The number of nitriles is 3. The molecule has 0 aromatic carbocycles. The van der Waals surface area contributed by atoms with Gasteiger partial charge in [-0.1, -0.05) is 34.1 Å². The molecule has 0 radical (unpaired) electrons. The third-order valence-electron chi connectivity index (χ3n) is 5.18. The molecule has 0 N–H and O–H groups in total. The first-order valence-corrected chi connectivity index (χ1v) is 8.41. The highest BCUT2D eigenvalue weighted by Crippen LogP contribution is 2.62. The lowest BCUT2D eigenvalue weighted by Crippen LogP contribution is -2.54. The summed E-state index contributed by atoms with van der Waals surface area (Å²) in [5, 5.41) is 28.3. The van der Waals surface area contributed by atoms with E-state index >= 15 is 0 Å². The maximum Gasteiger partial charge on any atom is 0.196 e. The molecule has 1 heterocycles. The van der Waals surface area contributed by atoms with Crippen LogP contribution in [0.3, 0.4) is 0 Å². The first kappa shape index (κ1) is 16.6. The van der Waals surface area contributed by atoms with Gasteiger partial charge in [-0.25, -0.2) is 4.99 Å². The van der Waals surface area contributed by atoms with Crippen LogP contribution in [0.25, 0.3) is 0 Å². The highest BCUT2D eigenvalue weighted by atomic mass is 32.2. The molecule has 0 atom stereocenters. The van der Waals surface area contributed by atoms with Crippen LogP contribution in [0, 0.1) is 50.2 Å². The number of hydrogen-bond acceptors (Lipinski definition) is 5. The summed E-state index contributed by atoms with van der Waals surface area (Å²) in [5.41, 5.74) is -1.59. The molecule has 1 fully saturated rings. The van der Waals surface area contributed by atoms with Gasteiger partial charge < -0.3 is 0 Å². The molecule has 4 nitrogen and oxygen atoms in total. The third-order valence-corrected chi connectivity index (χ3v) is 7.37. The first-order chi connectivity index (χ1) is 10.2. The zero-order chi connectivity index (χ0) is 16.6. The van der Waals surface area contributed by atoms with E-state index in [0.29, 0.717) is 0 Å². The zero-order valence-corrected chi connectivity index (χ0v) is 14.3. The Balaban J connectivity index is 2.67. The Labute approximate surface area is 136 Å². The number of nitrogens with zero attached hydrogens (tertiary/aromatic N) is 4. The van der Waals surface area contributed by atoms with Crippen molar-refractivity contribution in [1.82, 2.24) is 0 Å². The molecule has 0 unspecified atom stereocenters. The summed E-state index contributed by atoms with van der Waals surface area (Å²) in [6, 6.07) is 6.01. The predicted molar refractivity (Wildman–Crippen MR) is 86.8 cm³/mol. The normalized spacial score (nSPS) is 26.9. The summed E-state index contributed by atoms with van der Waals surface area (Å²) in [6.07, 6.45) is 3.19. The Kier molecular flexibility index (Phi) is 3.91. The van der Waals surface area contributed by atoms with Gasteiger partial charge in [0.15, 0.2) is 5.41 Å². The fraction of sp³-hybridized carbons (Fsp3) is 0.706. The highest BCUT2D eigenvalue weighted by molar-refractivity contribution is 8.00. The standard InChI is InChI=1S/C17H20N4S/c1-14(2)6-5-7-15(3,4)17(14)21-9-13(8-18)16(10-19,11-20)12-22-17/h5-7,12H2,1-4H3. The van der Waals surface area contributed by atoms with E-state index in [0.717, 1.165) is 19.3 Å². The Morgan fingerprint density at radius 3 is 2.05 bits per heavy atom. The molecule has 114 valence electrons. The molecule has 1 aliphatic carbocycles. The van der Waals surface area contributed by atoms with E-state index in [9.17, 15) is 15.8 Å². The van der Waals surface area contributed by atoms with E-state index in [4.69, 9.17) is 4.99 Å². The fourth-order valence-electron chi connectivity index (χ4n) is 3.79. The van der Waals surface area contributed by atoms with Crippen LogP contribution in [-0.2, 0) is 0 Å². The van der Waals surface area contributed by atoms with Gasteiger partial charge in [0.05, 0.1) is 12.1 Å². The van der Waals surface area contributed by atoms with Gasteiger partial charge >= 0.3 is 0 Å². The van der Waals surface area contributed by atoms with Gasteiger partial charge in [-0.2, -0.15) is 15.8 Å². The van der Waals surface area contributed by atoms with Gasteiger partial charge in [-0.15, -0.1) is 11.8 Å². The van der Waals surface area contributed by atoms with Crippen molar-refractivity contribution >= 4 is 17.6 Å². The summed E-state index contributed by atoms with van der Waals surface area (Å²) < 4.78 is 0. The minimum atomic E-state index is -1.45. The van der Waals surface area contributed by atoms with E-state index in [2.05, 4.69) is 33.6 Å². The fourth-order valence-corrected chi connectivity index (χ4v) is 5.58. The molecule has 1 saturated carbocycles. The Hall–Kier alpha value is -1.73. The maximum atomic E-state index is 9.48. The minimum absolute atomic E-state index is 0.0408. The van der Waals surface area contributed by atoms with Crippen LogP contribution < -0.4 is 0 Å². The molecule has 0 bridgehead atoms. The SMILES string of the molecule is CC1(C)CCCC(C)(C)C12N=C=C(C#N)C(C#N)(C#N)CS2. The van der Waals surface area contributed by atoms with Crippen molar-refractivity contribution in [3.8, 4) is 18.2 Å². The number of rotatable bonds is 0. The van der Waals surface area contributed by atoms with Gasteiger partial charge in [-0.05, 0) is 12.8 Å². The average molecular weight is 312 g/mol. The second-order valence-electron chi connectivity index (χ2n) is 7.39. The Bertz CT molecular complexity index is 645. The number of hydrogen-bond donors (Lipinski definition) is 0. The van der Waals surface area contributed by atoms with Crippen molar-refractivity contribution in [2.45, 2.75) is 51.8 Å². The lowest BCUT2D eigenvalue weighted by Gasteiger charge is -2.56. The van der Waals surface area contributed by atoms with Crippen molar-refractivity contribution in [2.24, 2.45) is 21.2 Å². The van der Waals surface area contributed by atoms with Crippen molar-refractivity contribution < 1.29 is 0 Å². The van der Waals surface area contributed by atoms with Crippen LogP contribution in [-0.4, -0.2) is 16.5 Å². The molecule has 0 saturated heterocycles. The molecule has 0 amide bonds. The largest absolute Gasteiger partial charge is 0.223 e. The lowest BCUT2D eigenvalue weighted by molar-refractivity contribution is 0.0537. The van der Waals surface area contributed by atoms with Crippen molar-refractivity contribution in [1.29, 1.82) is 15.8 Å². The summed E-state index contributed by atoms with van der Waals surface area (Å²) >= 11 is 1.55. The summed E-state index contributed by atoms with van der Waals surface area (Å²) in [6.45, 7) is 8.74. The molecule has 0 aromatic heterocycles. The van der Waals surface area contributed by atoms with E-state index < -0.39 is 10.3 Å². The molecular formula is C17H20N4S. The number of thioether (sulfide) groups is 1. The number of aliphatic imine (C=N–C) groups is 1. The van der Waals surface area contributed by atoms with Crippen molar-refractivity contribution in [2.75, 3.05) is 5.75 Å². The molecule has 0 aromatic rings. The summed E-state index contributed by atoms with van der Waals surface area (Å²) in [4.78, 5) is 4.24. The van der Waals surface area contributed by atoms with Crippen LogP contribution in [0.2, 0.25) is 0 Å². The molecule has 5 heteroatoms. The van der Waals surface area contributed by atoms with Crippen LogP contribution in [0.1, 0.15) is 47.0 Å². The van der Waals surface area contributed by atoms with E-state index in [-0.39, 0.29) is 22.2 Å². The van der Waals surface area contributed by atoms with Gasteiger partial charge in [0, 0.05) is 22.5 Å². The van der Waals surface area contributed by atoms with Crippen LogP contribution in [0.15, 0.2) is 10.6 Å². The summed E-state index contributed by atoms with van der Waals surface area (Å²) in [7, 11) is 0. The molecule has 2 rings (SSSR count). The second-order valence-corrected chi connectivity index (χ2v) is 8.56. The first-order valence-electron chi connectivity index (χ1n) is 7.42. The number of allylic oxidation sites excluding steroid dienone is 1. The van der Waals surface area contributed by atoms with Crippen LogP contribution in [0.5, 0.6) is 0 Å². The minimum Gasteiger partial charge on any atom is -0.223 e. The molecule has 22 heavy (non-hydrogen) atoms. The molecule has 1 aliphatic heterocycles. The Morgan fingerprint density at radius 1 is 1.05 bits per heavy atom. The van der Waals surface area contributed by atoms with Gasteiger partial charge in [0.25, 0.3) is 0 Å². The van der Waals surface area contributed by atoms with Gasteiger partial charge in [0.1, 0.15) is 16.5 Å². The maximum absolute atomic E-state index is 9.48. The topological polar surface area (TPSA) is 83.7 Å². The second kappa shape index (κ2) is 5.17. The van der Waals surface area contributed by atoms with E-state index in [1.807, 2.05) is 18.2 Å². The predicted octanol–water partition coefficient (Wildman–Crippen LogP) is 3.82. The van der Waals surface area contributed by atoms with Crippen LogP contribution >= 0.6 is 11.8 Å². The third kappa shape index (κ3) is 2.07. The highest BCUT2D eigenvalue weighted by Gasteiger charge is 2.59. The molecule has 2 aliphatic rings. The van der Waals surface area contributed by atoms with Crippen molar-refractivity contribution in [3.63, 3.8) is 0 Å². The van der Waals surface area contributed by atoms with E-state index in [1.54, 1.807) is 11.8 Å². The molecule has 1 spiro atoms. The van der Waals surface area contributed by atoms with Crippen molar-refractivity contribution in [3.05, 3.63) is 5.57 Å². The summed E-state index contributed by atoms with van der Waals surface area (Å²) in [5.74, 6) is 3.07. The monoisotopic (exact) mass is 312 g/mol. The van der Waals surface area contributed by atoms with E-state index in [1.165, 1.54) is 0 Å². The van der Waals surface area contributed by atoms with Gasteiger partial charge in [0.2, 0.25) is 0 Å². The van der Waals surface area contributed by atoms with Crippen LogP contribution in [0.4, 0.5) is 0 Å². The quantitative estimate of drug-likeness (QED) is 0.680. The lowest BCUT2D eigenvalue weighted by atomic mass is 9.61. The van der Waals surface area contributed by atoms with Gasteiger partial charge in [-0.3, -0.25) is 0 Å². The molecular weight excluding hydrogens is 292 g/mol. The Morgan fingerprint density at radius 2 is 1.59 bits per heavy atom.